The number of nitrogens with one attached hydrogen (secondary N) is 1. The molecule has 0 spiro atoms. The van der Waals surface area contributed by atoms with Crippen LogP contribution in [-0.4, -0.2) is 30.2 Å². The van der Waals surface area contributed by atoms with Crippen molar-refractivity contribution in [3.8, 4) is 11.5 Å². The molecule has 6 heteroatoms. The lowest BCUT2D eigenvalue weighted by Gasteiger charge is -2.18. The number of rotatable bonds is 8. The van der Waals surface area contributed by atoms with E-state index in [2.05, 4.69) is 11.4 Å². The maximum atomic E-state index is 12.2. The van der Waals surface area contributed by atoms with Crippen LogP contribution in [0.3, 0.4) is 0 Å². The van der Waals surface area contributed by atoms with E-state index in [0.29, 0.717) is 5.75 Å². The summed E-state index contributed by atoms with van der Waals surface area (Å²) in [7, 11) is 0. The van der Waals surface area contributed by atoms with E-state index in [1.165, 1.54) is 24.0 Å². The molecule has 2 N–H and O–H groups in total. The molecule has 1 aliphatic rings. The Morgan fingerprint density at radius 1 is 0.964 bits per heavy atom. The lowest BCUT2D eigenvalue weighted by Crippen LogP contribution is -2.31. The van der Waals surface area contributed by atoms with Crippen LogP contribution in [0.25, 0.3) is 0 Å². The fourth-order valence-corrected chi connectivity index (χ4v) is 3.31. The van der Waals surface area contributed by atoms with E-state index in [1.54, 1.807) is 24.3 Å². The molecule has 0 aromatic heterocycles. The normalized spacial score (nSPS) is 13.9. The number of ether oxygens (including phenoxy) is 2. The Morgan fingerprint density at radius 3 is 2.32 bits per heavy atom. The molecule has 0 bridgehead atoms. The van der Waals surface area contributed by atoms with Crippen LogP contribution in [0, 0.1) is 0 Å². The first-order valence-corrected chi connectivity index (χ1v) is 9.50. The summed E-state index contributed by atoms with van der Waals surface area (Å²) in [4.78, 5) is 22.7. The molecule has 1 amide bonds. The summed E-state index contributed by atoms with van der Waals surface area (Å²) < 4.78 is 10.8. The van der Waals surface area contributed by atoms with Crippen LogP contribution in [0.4, 0.5) is 0 Å². The smallest absolute Gasteiger partial charge is 0.341 e. The topological polar surface area (TPSA) is 84.9 Å². The van der Waals surface area contributed by atoms with Gasteiger partial charge in [0, 0.05) is 0 Å². The first kappa shape index (κ1) is 19.7. The first-order chi connectivity index (χ1) is 13.5. The summed E-state index contributed by atoms with van der Waals surface area (Å²) >= 11 is 0. The van der Waals surface area contributed by atoms with Crippen molar-refractivity contribution in [1.82, 2.24) is 5.32 Å². The van der Waals surface area contributed by atoms with Gasteiger partial charge >= 0.3 is 5.97 Å². The third kappa shape index (κ3) is 5.49. The minimum Gasteiger partial charge on any atom is -0.484 e. The summed E-state index contributed by atoms with van der Waals surface area (Å²) in [5.41, 5.74) is 3.60. The van der Waals surface area contributed by atoms with Crippen molar-refractivity contribution in [2.45, 2.75) is 38.6 Å². The van der Waals surface area contributed by atoms with Crippen LogP contribution < -0.4 is 14.8 Å². The van der Waals surface area contributed by atoms with Crippen molar-refractivity contribution in [3.05, 3.63) is 59.2 Å². The number of hydrogen-bond donors (Lipinski definition) is 2. The quantitative estimate of drug-likeness (QED) is 0.731. The highest BCUT2D eigenvalue weighted by molar-refractivity contribution is 5.78. The third-order valence-electron chi connectivity index (χ3n) is 4.81. The predicted molar refractivity (Wildman–Crippen MR) is 105 cm³/mol. The zero-order valence-corrected chi connectivity index (χ0v) is 15.9. The minimum atomic E-state index is -1.02. The van der Waals surface area contributed by atoms with Gasteiger partial charge in [0.15, 0.2) is 13.2 Å². The van der Waals surface area contributed by atoms with Gasteiger partial charge in [-0.1, -0.05) is 18.2 Å². The van der Waals surface area contributed by atoms with Crippen molar-refractivity contribution in [1.29, 1.82) is 0 Å². The molecule has 1 unspecified atom stereocenters. The molecule has 3 rings (SSSR count). The van der Waals surface area contributed by atoms with Crippen LogP contribution in [0.1, 0.15) is 42.5 Å². The minimum absolute atomic E-state index is 0.0388. The SMILES string of the molecule is CC(NC(=O)COc1ccc2c(c1)CCCC2)c1ccc(OCC(=O)O)cc1. The lowest BCUT2D eigenvalue weighted by atomic mass is 9.92. The van der Waals surface area contributed by atoms with E-state index in [9.17, 15) is 9.59 Å². The van der Waals surface area contributed by atoms with Gasteiger partial charge < -0.3 is 19.9 Å². The van der Waals surface area contributed by atoms with Gasteiger partial charge in [0.25, 0.3) is 5.91 Å². The fraction of sp³-hybridized carbons (Fsp3) is 0.364. The van der Waals surface area contributed by atoms with Gasteiger partial charge in [0.2, 0.25) is 0 Å². The fourth-order valence-electron chi connectivity index (χ4n) is 3.31. The van der Waals surface area contributed by atoms with E-state index in [1.807, 2.05) is 19.1 Å². The average Bonchev–Trinajstić information content (AvgIpc) is 2.71. The predicted octanol–water partition coefficient (Wildman–Crippen LogP) is 3.29. The van der Waals surface area contributed by atoms with E-state index in [0.717, 1.165) is 24.2 Å². The molecule has 6 nitrogen and oxygen atoms in total. The first-order valence-electron chi connectivity index (χ1n) is 9.50. The van der Waals surface area contributed by atoms with Crippen molar-refractivity contribution < 1.29 is 24.2 Å². The summed E-state index contributed by atoms with van der Waals surface area (Å²) in [5.74, 6) is -0.0242. The highest BCUT2D eigenvalue weighted by Gasteiger charge is 2.13. The number of carbonyl (C=O) groups excluding carboxylic acids is 1. The molecule has 0 fully saturated rings. The van der Waals surface area contributed by atoms with Crippen molar-refractivity contribution in [3.63, 3.8) is 0 Å². The number of carboxylic acids is 1. The van der Waals surface area contributed by atoms with Gasteiger partial charge in [-0.2, -0.15) is 0 Å². The van der Waals surface area contributed by atoms with Crippen LogP contribution >= 0.6 is 0 Å². The third-order valence-corrected chi connectivity index (χ3v) is 4.81. The van der Waals surface area contributed by atoms with Gasteiger partial charge in [-0.15, -0.1) is 0 Å². The largest absolute Gasteiger partial charge is 0.484 e. The Morgan fingerprint density at radius 2 is 1.61 bits per heavy atom. The van der Waals surface area contributed by atoms with Gasteiger partial charge in [0.1, 0.15) is 11.5 Å². The van der Waals surface area contributed by atoms with Crippen LogP contribution in [0.15, 0.2) is 42.5 Å². The van der Waals surface area contributed by atoms with Crippen LogP contribution in [-0.2, 0) is 22.4 Å². The number of carbonyl (C=O) groups is 2. The van der Waals surface area contributed by atoms with E-state index in [4.69, 9.17) is 14.6 Å². The molecule has 0 aliphatic heterocycles. The summed E-state index contributed by atoms with van der Waals surface area (Å²) in [5, 5.41) is 11.5. The molecule has 0 saturated heterocycles. The Kier molecular flexibility index (Phi) is 6.53. The van der Waals surface area contributed by atoms with Gasteiger partial charge in [-0.05, 0) is 73.6 Å². The molecule has 28 heavy (non-hydrogen) atoms. The molecule has 1 aliphatic carbocycles. The molecule has 0 radical (unpaired) electrons. The number of aliphatic carboxylic acids is 1. The summed E-state index contributed by atoms with van der Waals surface area (Å²) in [6.07, 6.45) is 4.63. The van der Waals surface area contributed by atoms with Crippen LogP contribution in [0.2, 0.25) is 0 Å². The molecule has 0 saturated carbocycles. The highest BCUT2D eigenvalue weighted by atomic mass is 16.5. The van der Waals surface area contributed by atoms with Gasteiger partial charge in [-0.25, -0.2) is 4.79 Å². The Bertz CT molecular complexity index is 831. The monoisotopic (exact) mass is 383 g/mol. The molecule has 0 heterocycles. The lowest BCUT2D eigenvalue weighted by molar-refractivity contribution is -0.139. The summed E-state index contributed by atoms with van der Waals surface area (Å²) in [6, 6.07) is 12.8. The van der Waals surface area contributed by atoms with E-state index >= 15 is 0 Å². The number of amides is 1. The number of fused-ring (bicyclic) bond motifs is 1. The molecule has 1 atom stereocenters. The molecule has 2 aromatic carbocycles. The van der Waals surface area contributed by atoms with Crippen molar-refractivity contribution in [2.24, 2.45) is 0 Å². The second-order valence-corrected chi connectivity index (χ2v) is 6.97. The number of aryl methyl sites for hydroxylation is 2. The van der Waals surface area contributed by atoms with Crippen molar-refractivity contribution >= 4 is 11.9 Å². The van der Waals surface area contributed by atoms with Crippen LogP contribution in [0.5, 0.6) is 11.5 Å². The Hall–Kier alpha value is -3.02. The van der Waals surface area contributed by atoms with Gasteiger partial charge in [-0.3, -0.25) is 4.79 Å². The number of carboxylic acid groups (broad SMARTS) is 1. The second kappa shape index (κ2) is 9.26. The standard InChI is InChI=1S/C22H25NO5/c1-15(16-6-9-19(10-7-16)28-14-22(25)26)23-21(24)13-27-20-11-8-17-4-2-3-5-18(17)12-20/h6-12,15H,2-5,13-14H2,1H3,(H,23,24)(H,25,26). The van der Waals surface area contributed by atoms with Gasteiger partial charge in [0.05, 0.1) is 6.04 Å². The molecule has 2 aromatic rings. The van der Waals surface area contributed by atoms with E-state index in [-0.39, 0.29) is 25.2 Å². The maximum Gasteiger partial charge on any atom is 0.341 e. The zero-order valence-electron chi connectivity index (χ0n) is 15.9. The molecule has 148 valence electrons. The number of hydrogen-bond acceptors (Lipinski definition) is 4. The van der Waals surface area contributed by atoms with E-state index < -0.39 is 5.97 Å². The Labute approximate surface area is 164 Å². The highest BCUT2D eigenvalue weighted by Crippen LogP contribution is 2.25. The average molecular weight is 383 g/mol. The van der Waals surface area contributed by atoms with Crippen molar-refractivity contribution in [2.75, 3.05) is 13.2 Å². The molecular formula is C22H25NO5. The zero-order chi connectivity index (χ0) is 19.9. The molecular weight excluding hydrogens is 358 g/mol. The summed E-state index contributed by atoms with van der Waals surface area (Å²) in [6.45, 7) is 1.46. The number of benzene rings is 2. The Balaban J connectivity index is 1.48. The second-order valence-electron chi connectivity index (χ2n) is 6.97. The maximum absolute atomic E-state index is 12.2.